The quantitative estimate of drug-likeness (QED) is 0.786. The molecule has 2 amide bonds. The van der Waals surface area contributed by atoms with Crippen LogP contribution in [0.5, 0.6) is 0 Å². The third kappa shape index (κ3) is 5.47. The van der Waals surface area contributed by atoms with Crippen molar-refractivity contribution in [3.05, 3.63) is 35.4 Å². The van der Waals surface area contributed by atoms with Crippen LogP contribution in [0.2, 0.25) is 0 Å². The monoisotopic (exact) mass is 426 g/mol. The molecule has 1 unspecified atom stereocenters. The number of piperazine rings is 1. The van der Waals surface area contributed by atoms with Gasteiger partial charge in [0.1, 0.15) is 0 Å². The average Bonchev–Trinajstić information content (AvgIpc) is 3.13. The van der Waals surface area contributed by atoms with Crippen molar-refractivity contribution in [3.8, 4) is 0 Å². The number of carbonyl (C=O) groups is 2. The lowest BCUT2D eigenvalue weighted by atomic mass is 9.86. The Hall–Kier alpha value is -1.92. The average molecular weight is 427 g/mol. The Morgan fingerprint density at radius 3 is 2.23 bits per heavy atom. The van der Waals surface area contributed by atoms with Crippen molar-refractivity contribution in [1.82, 2.24) is 20.0 Å². The van der Waals surface area contributed by atoms with Gasteiger partial charge in [0.05, 0.1) is 6.54 Å². The van der Waals surface area contributed by atoms with Gasteiger partial charge in [-0.25, -0.2) is 0 Å². The standard InChI is InChI=1S/C25H38N4O2/c1-25(2,3)20-9-7-19(8-10-20)24(31)26-21-11-12-27(17-21)18-23(30)29-15-13-28(14-16-29)22-5-4-6-22/h7-10,21-22H,4-6,11-18H2,1-3H3,(H,26,31). The van der Waals surface area contributed by atoms with E-state index in [4.69, 9.17) is 0 Å². The molecule has 1 atom stereocenters. The number of nitrogens with zero attached hydrogens (tertiary/aromatic N) is 3. The van der Waals surface area contributed by atoms with Crippen molar-refractivity contribution < 1.29 is 9.59 Å². The van der Waals surface area contributed by atoms with Crippen LogP contribution in [0, 0.1) is 0 Å². The SMILES string of the molecule is CC(C)(C)c1ccc(C(=O)NC2CCN(CC(=O)N3CCN(C4CCC4)CC3)C2)cc1. The van der Waals surface area contributed by atoms with E-state index in [1.807, 2.05) is 29.2 Å². The first-order chi connectivity index (χ1) is 14.8. The summed E-state index contributed by atoms with van der Waals surface area (Å²) in [6.07, 6.45) is 4.92. The lowest BCUT2D eigenvalue weighted by Crippen LogP contribution is -2.55. The normalized spacial score (nSPS) is 23.6. The molecule has 0 spiro atoms. The van der Waals surface area contributed by atoms with Gasteiger partial charge in [-0.15, -0.1) is 0 Å². The second kappa shape index (κ2) is 9.29. The zero-order valence-electron chi connectivity index (χ0n) is 19.4. The number of hydrogen-bond acceptors (Lipinski definition) is 4. The maximum Gasteiger partial charge on any atom is 0.251 e. The minimum atomic E-state index is -0.0225. The van der Waals surface area contributed by atoms with Gasteiger partial charge in [0.25, 0.3) is 5.91 Å². The van der Waals surface area contributed by atoms with E-state index in [0.717, 1.165) is 51.7 Å². The minimum Gasteiger partial charge on any atom is -0.348 e. The molecule has 4 rings (SSSR count). The fraction of sp³-hybridized carbons (Fsp3) is 0.680. The highest BCUT2D eigenvalue weighted by Gasteiger charge is 2.31. The predicted octanol–water partition coefficient (Wildman–Crippen LogP) is 2.48. The second-order valence-corrected chi connectivity index (χ2v) is 10.5. The van der Waals surface area contributed by atoms with E-state index in [-0.39, 0.29) is 23.3 Å². The summed E-state index contributed by atoms with van der Waals surface area (Å²) in [5.74, 6) is 0.212. The first kappa shape index (κ1) is 22.3. The van der Waals surface area contributed by atoms with E-state index < -0.39 is 0 Å². The number of hydrogen-bond donors (Lipinski definition) is 1. The zero-order chi connectivity index (χ0) is 22.0. The molecule has 2 aliphatic heterocycles. The van der Waals surface area contributed by atoms with Crippen molar-refractivity contribution in [2.24, 2.45) is 0 Å². The molecule has 31 heavy (non-hydrogen) atoms. The van der Waals surface area contributed by atoms with Crippen molar-refractivity contribution in [2.75, 3.05) is 45.8 Å². The fourth-order valence-corrected chi connectivity index (χ4v) is 4.86. The van der Waals surface area contributed by atoms with Gasteiger partial charge in [0.15, 0.2) is 0 Å². The van der Waals surface area contributed by atoms with Gasteiger partial charge >= 0.3 is 0 Å². The smallest absolute Gasteiger partial charge is 0.251 e. The highest BCUT2D eigenvalue weighted by molar-refractivity contribution is 5.94. The number of amides is 2. The summed E-state index contributed by atoms with van der Waals surface area (Å²) < 4.78 is 0. The molecule has 6 heteroatoms. The van der Waals surface area contributed by atoms with E-state index >= 15 is 0 Å². The summed E-state index contributed by atoms with van der Waals surface area (Å²) in [5, 5.41) is 3.16. The van der Waals surface area contributed by atoms with Gasteiger partial charge in [-0.1, -0.05) is 39.3 Å². The lowest BCUT2D eigenvalue weighted by molar-refractivity contribution is -0.134. The summed E-state index contributed by atoms with van der Waals surface area (Å²) in [6.45, 7) is 12.3. The zero-order valence-corrected chi connectivity index (χ0v) is 19.4. The molecule has 170 valence electrons. The summed E-state index contributed by atoms with van der Waals surface area (Å²) in [4.78, 5) is 32.2. The fourth-order valence-electron chi connectivity index (χ4n) is 4.86. The van der Waals surface area contributed by atoms with Crippen molar-refractivity contribution >= 4 is 11.8 Å². The molecule has 2 heterocycles. The van der Waals surface area contributed by atoms with Crippen molar-refractivity contribution in [2.45, 2.75) is 64.0 Å². The van der Waals surface area contributed by atoms with Gasteiger partial charge < -0.3 is 10.2 Å². The van der Waals surface area contributed by atoms with E-state index in [0.29, 0.717) is 12.1 Å². The van der Waals surface area contributed by atoms with Gasteiger partial charge in [0, 0.05) is 56.9 Å². The first-order valence-electron chi connectivity index (χ1n) is 12.0. The Morgan fingerprint density at radius 1 is 0.968 bits per heavy atom. The molecule has 3 fully saturated rings. The summed E-state index contributed by atoms with van der Waals surface area (Å²) in [7, 11) is 0. The molecule has 3 aliphatic rings. The largest absolute Gasteiger partial charge is 0.348 e. The van der Waals surface area contributed by atoms with Crippen LogP contribution in [-0.4, -0.2) is 84.4 Å². The molecule has 2 saturated heterocycles. The predicted molar refractivity (Wildman–Crippen MR) is 123 cm³/mol. The topological polar surface area (TPSA) is 55.9 Å². The van der Waals surface area contributed by atoms with E-state index in [2.05, 4.69) is 35.9 Å². The molecule has 1 aromatic carbocycles. The summed E-state index contributed by atoms with van der Waals surface area (Å²) >= 11 is 0. The van der Waals surface area contributed by atoms with Crippen LogP contribution in [0.25, 0.3) is 0 Å². The third-order valence-electron chi connectivity index (χ3n) is 7.24. The van der Waals surface area contributed by atoms with Crippen molar-refractivity contribution in [3.63, 3.8) is 0 Å². The van der Waals surface area contributed by atoms with Crippen molar-refractivity contribution in [1.29, 1.82) is 0 Å². The number of rotatable bonds is 5. The van der Waals surface area contributed by atoms with Gasteiger partial charge in [-0.05, 0) is 42.4 Å². The number of carbonyl (C=O) groups excluding carboxylic acids is 2. The van der Waals surface area contributed by atoms with Crippen LogP contribution in [0.15, 0.2) is 24.3 Å². The summed E-state index contributed by atoms with van der Waals surface area (Å²) in [5.41, 5.74) is 2.01. The van der Waals surface area contributed by atoms with Gasteiger partial charge in [-0.3, -0.25) is 19.4 Å². The Bertz CT molecular complexity index is 774. The highest BCUT2D eigenvalue weighted by Crippen LogP contribution is 2.25. The van der Waals surface area contributed by atoms with Crippen LogP contribution in [0.4, 0.5) is 0 Å². The first-order valence-corrected chi connectivity index (χ1v) is 12.0. The van der Waals surface area contributed by atoms with Gasteiger partial charge in [-0.2, -0.15) is 0 Å². The van der Waals surface area contributed by atoms with Crippen LogP contribution >= 0.6 is 0 Å². The van der Waals surface area contributed by atoms with Gasteiger partial charge in [0.2, 0.25) is 5.91 Å². The number of benzene rings is 1. The molecule has 0 bridgehead atoms. The number of nitrogens with one attached hydrogen (secondary N) is 1. The molecule has 1 saturated carbocycles. The van der Waals surface area contributed by atoms with Crippen LogP contribution in [0.3, 0.4) is 0 Å². The second-order valence-electron chi connectivity index (χ2n) is 10.5. The minimum absolute atomic E-state index is 0.0225. The van der Waals surface area contributed by atoms with Crippen LogP contribution in [0.1, 0.15) is 62.4 Å². The molecular weight excluding hydrogens is 388 g/mol. The van der Waals surface area contributed by atoms with E-state index in [9.17, 15) is 9.59 Å². The highest BCUT2D eigenvalue weighted by atomic mass is 16.2. The number of likely N-dealkylation sites (tertiary alicyclic amines) is 1. The van der Waals surface area contributed by atoms with E-state index in [1.165, 1.54) is 24.8 Å². The molecule has 1 aromatic rings. The Balaban J connectivity index is 1.20. The molecule has 1 N–H and O–H groups in total. The van der Waals surface area contributed by atoms with E-state index in [1.54, 1.807) is 0 Å². The Morgan fingerprint density at radius 2 is 1.65 bits per heavy atom. The Labute approximate surface area is 187 Å². The van der Waals surface area contributed by atoms with Crippen LogP contribution in [-0.2, 0) is 10.2 Å². The maximum atomic E-state index is 12.8. The molecule has 6 nitrogen and oxygen atoms in total. The molecule has 0 radical (unpaired) electrons. The molecule has 0 aromatic heterocycles. The third-order valence-corrected chi connectivity index (χ3v) is 7.24. The molecule has 1 aliphatic carbocycles. The molecular formula is C25H38N4O2. The summed E-state index contributed by atoms with van der Waals surface area (Å²) in [6, 6.07) is 8.78. The Kier molecular flexibility index (Phi) is 6.68. The maximum absolute atomic E-state index is 12.8. The van der Waals surface area contributed by atoms with Crippen LogP contribution < -0.4 is 5.32 Å². The lowest BCUT2D eigenvalue weighted by Gasteiger charge is -2.43.